The van der Waals surface area contributed by atoms with E-state index in [1.807, 2.05) is 36.4 Å². The van der Waals surface area contributed by atoms with Crippen LogP contribution >= 0.6 is 0 Å². The molecule has 0 aliphatic rings. The van der Waals surface area contributed by atoms with Gasteiger partial charge in [-0.15, -0.1) is 10.2 Å². The summed E-state index contributed by atoms with van der Waals surface area (Å²) < 4.78 is 0. The lowest BCUT2D eigenvalue weighted by molar-refractivity contribution is 0.174. The molecule has 0 fully saturated rings. The standard InChI is InChI=1S/C16H20N6O/c1-21(2)16(23)22(18)20-15(17)11-12-3-5-13(6-4-12)14-7-9-19-10-8-14/h3-10H,11,18H2,1-2H3,(H2,17,20). The summed E-state index contributed by atoms with van der Waals surface area (Å²) in [6, 6.07) is 11.4. The van der Waals surface area contributed by atoms with Gasteiger partial charge in [-0.1, -0.05) is 24.3 Å². The fourth-order valence-electron chi connectivity index (χ4n) is 1.99. The number of nitrogens with zero attached hydrogens (tertiary/aromatic N) is 4. The van der Waals surface area contributed by atoms with Crippen LogP contribution in [-0.2, 0) is 6.42 Å². The van der Waals surface area contributed by atoms with Crippen LogP contribution in [0, 0.1) is 0 Å². The predicted molar refractivity (Wildman–Crippen MR) is 90.1 cm³/mol. The van der Waals surface area contributed by atoms with Crippen molar-refractivity contribution in [3.8, 4) is 11.1 Å². The smallest absolute Gasteiger partial charge is 0.354 e. The lowest BCUT2D eigenvalue weighted by atomic mass is 10.0. The third kappa shape index (κ3) is 4.52. The highest BCUT2D eigenvalue weighted by Gasteiger charge is 2.11. The molecule has 2 amide bonds. The quantitative estimate of drug-likeness (QED) is 0.293. The monoisotopic (exact) mass is 312 g/mol. The summed E-state index contributed by atoms with van der Waals surface area (Å²) in [6.07, 6.45) is 3.92. The summed E-state index contributed by atoms with van der Waals surface area (Å²) in [7, 11) is 3.18. The summed E-state index contributed by atoms with van der Waals surface area (Å²) in [5.74, 6) is 5.80. The molecule has 7 nitrogen and oxygen atoms in total. The minimum absolute atomic E-state index is 0.263. The summed E-state index contributed by atoms with van der Waals surface area (Å²) in [6.45, 7) is 0. The second-order valence-corrected chi connectivity index (χ2v) is 5.22. The molecule has 7 heteroatoms. The molecular formula is C16H20N6O. The van der Waals surface area contributed by atoms with E-state index in [1.54, 1.807) is 26.5 Å². The number of carbonyl (C=O) groups excluding carboxylic acids is 1. The number of hydrazone groups is 1. The van der Waals surface area contributed by atoms with Crippen molar-refractivity contribution in [2.24, 2.45) is 16.7 Å². The molecule has 0 spiro atoms. The van der Waals surface area contributed by atoms with Crippen molar-refractivity contribution in [1.29, 1.82) is 0 Å². The third-order valence-electron chi connectivity index (χ3n) is 3.17. The van der Waals surface area contributed by atoms with Crippen molar-refractivity contribution < 1.29 is 4.79 Å². The molecule has 0 aliphatic carbocycles. The number of urea groups is 1. The Morgan fingerprint density at radius 2 is 1.65 bits per heavy atom. The van der Waals surface area contributed by atoms with Crippen molar-refractivity contribution in [3.05, 3.63) is 54.4 Å². The summed E-state index contributed by atoms with van der Waals surface area (Å²) in [5.41, 5.74) is 9.01. The molecule has 1 aromatic heterocycles. The summed E-state index contributed by atoms with van der Waals surface area (Å²) in [4.78, 5) is 16.9. The number of hydrazine groups is 1. The molecule has 2 rings (SSSR count). The van der Waals surface area contributed by atoms with Gasteiger partial charge in [0.05, 0.1) is 0 Å². The van der Waals surface area contributed by atoms with Gasteiger partial charge in [-0.05, 0) is 28.8 Å². The zero-order chi connectivity index (χ0) is 16.8. The van der Waals surface area contributed by atoms with E-state index in [4.69, 9.17) is 11.6 Å². The average Bonchev–Trinajstić information content (AvgIpc) is 2.55. The van der Waals surface area contributed by atoms with Crippen LogP contribution in [0.5, 0.6) is 0 Å². The minimum Gasteiger partial charge on any atom is -0.385 e. The first kappa shape index (κ1) is 16.4. The normalized spacial score (nSPS) is 11.2. The average molecular weight is 312 g/mol. The molecule has 1 heterocycles. The molecule has 0 unspecified atom stereocenters. The zero-order valence-corrected chi connectivity index (χ0v) is 13.2. The minimum atomic E-state index is -0.444. The number of hydrogen-bond donors (Lipinski definition) is 2. The van der Waals surface area contributed by atoms with E-state index in [9.17, 15) is 4.79 Å². The fraction of sp³-hybridized carbons (Fsp3) is 0.188. The van der Waals surface area contributed by atoms with Crippen LogP contribution in [-0.4, -0.2) is 41.0 Å². The van der Waals surface area contributed by atoms with Gasteiger partial charge in [0.15, 0.2) is 0 Å². The Bertz CT molecular complexity index is 681. The second-order valence-electron chi connectivity index (χ2n) is 5.22. The largest absolute Gasteiger partial charge is 0.385 e. The molecule has 0 atom stereocenters. The number of amidine groups is 1. The van der Waals surface area contributed by atoms with Gasteiger partial charge in [0.25, 0.3) is 0 Å². The van der Waals surface area contributed by atoms with E-state index >= 15 is 0 Å². The zero-order valence-electron chi connectivity index (χ0n) is 13.2. The van der Waals surface area contributed by atoms with Gasteiger partial charge in [0.2, 0.25) is 0 Å². The number of amides is 2. The van der Waals surface area contributed by atoms with Crippen molar-refractivity contribution >= 4 is 11.9 Å². The molecule has 1 aromatic carbocycles. The number of rotatable bonds is 4. The van der Waals surface area contributed by atoms with Gasteiger partial charge in [0.1, 0.15) is 5.84 Å². The Morgan fingerprint density at radius 1 is 1.09 bits per heavy atom. The molecule has 0 saturated heterocycles. The summed E-state index contributed by atoms with van der Waals surface area (Å²) >= 11 is 0. The molecule has 4 N–H and O–H groups in total. The number of nitrogens with two attached hydrogens (primary N) is 2. The van der Waals surface area contributed by atoms with Gasteiger partial charge in [-0.2, -0.15) is 0 Å². The highest BCUT2D eigenvalue weighted by atomic mass is 16.2. The molecule has 0 bridgehead atoms. The topological polar surface area (TPSA) is 101 Å². The predicted octanol–water partition coefficient (Wildman–Crippen LogP) is 1.42. The number of aromatic nitrogens is 1. The Balaban J connectivity index is 2.05. The first-order chi connectivity index (χ1) is 11.0. The molecule has 2 aromatic rings. The Morgan fingerprint density at radius 3 is 2.22 bits per heavy atom. The number of carbonyl (C=O) groups is 1. The van der Waals surface area contributed by atoms with Crippen LogP contribution in [0.4, 0.5) is 4.79 Å². The second kappa shape index (κ2) is 7.37. The van der Waals surface area contributed by atoms with Gasteiger partial charge in [-0.3, -0.25) is 4.98 Å². The first-order valence-electron chi connectivity index (χ1n) is 7.06. The molecule has 0 radical (unpaired) electrons. The number of pyridine rings is 1. The molecule has 0 aliphatic heterocycles. The van der Waals surface area contributed by atoms with Crippen LogP contribution in [0.1, 0.15) is 5.56 Å². The Kier molecular flexibility index (Phi) is 5.27. The number of benzene rings is 1. The van der Waals surface area contributed by atoms with Crippen LogP contribution in [0.15, 0.2) is 53.9 Å². The molecule has 23 heavy (non-hydrogen) atoms. The first-order valence-corrected chi connectivity index (χ1v) is 7.06. The van der Waals surface area contributed by atoms with E-state index in [0.29, 0.717) is 6.42 Å². The maximum Gasteiger partial charge on any atom is 0.354 e. The Hall–Kier alpha value is -2.93. The lowest BCUT2D eigenvalue weighted by Crippen LogP contribution is -2.41. The van der Waals surface area contributed by atoms with Crippen molar-refractivity contribution in [2.45, 2.75) is 6.42 Å². The van der Waals surface area contributed by atoms with Crippen molar-refractivity contribution in [3.63, 3.8) is 0 Å². The van der Waals surface area contributed by atoms with Crippen LogP contribution in [0.2, 0.25) is 0 Å². The Labute approximate surface area is 135 Å². The maximum absolute atomic E-state index is 11.6. The SMILES string of the molecule is CN(C)C(=O)N(N)/N=C(\N)Cc1ccc(-c2ccncc2)cc1. The molecular weight excluding hydrogens is 292 g/mol. The number of hydrogen-bond acceptors (Lipinski definition) is 4. The molecule has 120 valence electrons. The van der Waals surface area contributed by atoms with Crippen LogP contribution in [0.25, 0.3) is 11.1 Å². The lowest BCUT2D eigenvalue weighted by Gasteiger charge is -2.16. The van der Waals surface area contributed by atoms with E-state index in [-0.39, 0.29) is 5.84 Å². The highest BCUT2D eigenvalue weighted by molar-refractivity contribution is 5.84. The van der Waals surface area contributed by atoms with Crippen molar-refractivity contribution in [2.75, 3.05) is 14.1 Å². The van der Waals surface area contributed by atoms with E-state index in [2.05, 4.69) is 10.1 Å². The summed E-state index contributed by atoms with van der Waals surface area (Å²) in [5, 5.41) is 4.62. The maximum atomic E-state index is 11.6. The van der Waals surface area contributed by atoms with Crippen LogP contribution in [0.3, 0.4) is 0 Å². The van der Waals surface area contributed by atoms with Gasteiger partial charge in [-0.25, -0.2) is 10.6 Å². The fourth-order valence-corrected chi connectivity index (χ4v) is 1.99. The van der Waals surface area contributed by atoms with Gasteiger partial charge in [0, 0.05) is 32.9 Å². The van der Waals surface area contributed by atoms with E-state index < -0.39 is 6.03 Å². The van der Waals surface area contributed by atoms with Crippen molar-refractivity contribution in [1.82, 2.24) is 15.0 Å². The molecule has 0 saturated carbocycles. The van der Waals surface area contributed by atoms with E-state index in [0.717, 1.165) is 21.8 Å². The van der Waals surface area contributed by atoms with E-state index in [1.165, 1.54) is 4.90 Å². The van der Waals surface area contributed by atoms with Crippen LogP contribution < -0.4 is 11.6 Å². The van der Waals surface area contributed by atoms with Gasteiger partial charge >= 0.3 is 6.03 Å². The third-order valence-corrected chi connectivity index (χ3v) is 3.17. The highest BCUT2D eigenvalue weighted by Crippen LogP contribution is 2.18. The van der Waals surface area contributed by atoms with Gasteiger partial charge < -0.3 is 10.6 Å².